The van der Waals surface area contributed by atoms with Gasteiger partial charge in [-0.2, -0.15) is 0 Å². The highest BCUT2D eigenvalue weighted by molar-refractivity contribution is 14.1. The first-order chi connectivity index (χ1) is 6.63. The lowest BCUT2D eigenvalue weighted by atomic mass is 10.1. The second-order valence-electron chi connectivity index (χ2n) is 2.88. The second-order valence-corrected chi connectivity index (χ2v) is 4.13. The molecule has 0 unspecified atom stereocenters. The van der Waals surface area contributed by atoms with Gasteiger partial charge in [0.25, 0.3) is 0 Å². The molecule has 3 heteroatoms. The molecule has 0 aliphatic rings. The highest BCUT2D eigenvalue weighted by Gasteiger charge is 2.03. The summed E-state index contributed by atoms with van der Waals surface area (Å²) in [6.45, 7) is 1.84. The molecule has 0 amide bonds. The average Bonchev–Trinajstić information content (AvgIpc) is 2.14. The number of halogens is 1. The van der Waals surface area contributed by atoms with Gasteiger partial charge >= 0.3 is 5.97 Å². The Kier molecular flexibility index (Phi) is 4.13. The lowest BCUT2D eigenvalue weighted by molar-refractivity contribution is -0.132. The van der Waals surface area contributed by atoms with E-state index in [-0.39, 0.29) is 0 Å². The molecule has 1 rings (SSSR count). The Morgan fingerprint density at radius 1 is 1.57 bits per heavy atom. The van der Waals surface area contributed by atoms with Crippen LogP contribution in [0.25, 0.3) is 6.08 Å². The molecule has 74 valence electrons. The Bertz CT molecular complexity index is 369. The fourth-order valence-electron chi connectivity index (χ4n) is 1.11. The van der Waals surface area contributed by atoms with Crippen molar-refractivity contribution in [3.8, 4) is 0 Å². The third kappa shape index (κ3) is 3.14. The number of carbonyl (C=O) groups is 1. The van der Waals surface area contributed by atoms with Crippen LogP contribution >= 0.6 is 22.6 Å². The van der Waals surface area contributed by atoms with Crippen LogP contribution in [-0.4, -0.2) is 11.1 Å². The molecule has 1 aromatic carbocycles. The van der Waals surface area contributed by atoms with Crippen molar-refractivity contribution in [1.82, 2.24) is 0 Å². The van der Waals surface area contributed by atoms with E-state index in [1.165, 1.54) is 0 Å². The van der Waals surface area contributed by atoms with Crippen molar-refractivity contribution in [2.24, 2.45) is 0 Å². The third-order valence-corrected chi connectivity index (χ3v) is 2.52. The molecule has 2 nitrogen and oxygen atoms in total. The van der Waals surface area contributed by atoms with E-state index in [9.17, 15) is 4.79 Å². The van der Waals surface area contributed by atoms with Crippen LogP contribution < -0.4 is 0 Å². The molecule has 0 saturated carbocycles. The molecular formula is C11H11IO2. The van der Waals surface area contributed by atoms with E-state index in [1.807, 2.05) is 31.2 Å². The van der Waals surface area contributed by atoms with Crippen LogP contribution in [0, 0.1) is 3.57 Å². The molecule has 1 aromatic rings. The molecule has 0 heterocycles. The Balaban J connectivity index is 3.00. The molecule has 0 saturated heterocycles. The predicted octanol–water partition coefficient (Wildman–Crippen LogP) is 3.17. The number of rotatable bonds is 3. The summed E-state index contributed by atoms with van der Waals surface area (Å²) in [5.74, 6) is -0.841. The smallest absolute Gasteiger partial charge is 0.331 e. The van der Waals surface area contributed by atoms with E-state index < -0.39 is 5.97 Å². The summed E-state index contributed by atoms with van der Waals surface area (Å²) in [6, 6.07) is 7.76. The summed E-state index contributed by atoms with van der Waals surface area (Å²) in [5, 5.41) is 8.83. The van der Waals surface area contributed by atoms with Gasteiger partial charge in [0.15, 0.2) is 0 Å². The van der Waals surface area contributed by atoms with Crippen molar-refractivity contribution in [3.05, 3.63) is 39.0 Å². The molecule has 0 atom stereocenters. The minimum absolute atomic E-state index is 0.437. The number of hydrogen-bond acceptors (Lipinski definition) is 1. The standard InChI is InChI=1S/C11H11IO2/c1-2-9(11(13)14)6-8-4-3-5-10(12)7-8/h3-7H,2H2,1H3,(H,13,14). The summed E-state index contributed by atoms with van der Waals surface area (Å²) >= 11 is 2.20. The van der Waals surface area contributed by atoms with Crippen molar-refractivity contribution >= 4 is 34.6 Å². The highest BCUT2D eigenvalue weighted by Crippen LogP contribution is 2.13. The zero-order chi connectivity index (χ0) is 10.6. The predicted molar refractivity (Wildman–Crippen MR) is 65.1 cm³/mol. The molecular weight excluding hydrogens is 291 g/mol. The summed E-state index contributed by atoms with van der Waals surface area (Å²) in [7, 11) is 0. The normalized spacial score (nSPS) is 11.4. The summed E-state index contributed by atoms with van der Waals surface area (Å²) in [4.78, 5) is 10.7. The van der Waals surface area contributed by atoms with Gasteiger partial charge in [0.05, 0.1) is 0 Å². The maximum Gasteiger partial charge on any atom is 0.331 e. The van der Waals surface area contributed by atoms with Gasteiger partial charge < -0.3 is 5.11 Å². The van der Waals surface area contributed by atoms with Crippen LogP contribution in [-0.2, 0) is 4.79 Å². The zero-order valence-electron chi connectivity index (χ0n) is 7.83. The first-order valence-corrected chi connectivity index (χ1v) is 5.40. The van der Waals surface area contributed by atoms with E-state index in [2.05, 4.69) is 22.6 Å². The topological polar surface area (TPSA) is 37.3 Å². The van der Waals surface area contributed by atoms with Crippen molar-refractivity contribution in [3.63, 3.8) is 0 Å². The monoisotopic (exact) mass is 302 g/mol. The van der Waals surface area contributed by atoms with Crippen LogP contribution in [0.1, 0.15) is 18.9 Å². The number of carboxylic acid groups (broad SMARTS) is 1. The summed E-state index contributed by atoms with van der Waals surface area (Å²) in [6.07, 6.45) is 2.26. The lowest BCUT2D eigenvalue weighted by Crippen LogP contribution is -1.98. The number of benzene rings is 1. The zero-order valence-corrected chi connectivity index (χ0v) is 9.98. The van der Waals surface area contributed by atoms with Gasteiger partial charge in [-0.05, 0) is 52.8 Å². The second kappa shape index (κ2) is 5.14. The molecule has 0 fully saturated rings. The van der Waals surface area contributed by atoms with E-state index in [1.54, 1.807) is 6.08 Å². The van der Waals surface area contributed by atoms with Crippen LogP contribution in [0.5, 0.6) is 0 Å². The van der Waals surface area contributed by atoms with Crippen molar-refractivity contribution < 1.29 is 9.90 Å². The van der Waals surface area contributed by atoms with Gasteiger partial charge in [-0.25, -0.2) is 4.79 Å². The highest BCUT2D eigenvalue weighted by atomic mass is 127. The minimum Gasteiger partial charge on any atom is -0.478 e. The molecule has 1 N–H and O–H groups in total. The van der Waals surface area contributed by atoms with E-state index >= 15 is 0 Å². The quantitative estimate of drug-likeness (QED) is 0.688. The van der Waals surface area contributed by atoms with Gasteiger partial charge in [-0.3, -0.25) is 0 Å². The molecule has 14 heavy (non-hydrogen) atoms. The van der Waals surface area contributed by atoms with Crippen molar-refractivity contribution in [1.29, 1.82) is 0 Å². The van der Waals surface area contributed by atoms with Gasteiger partial charge in [-0.15, -0.1) is 0 Å². The Morgan fingerprint density at radius 2 is 2.29 bits per heavy atom. The van der Waals surface area contributed by atoms with Gasteiger partial charge in [0, 0.05) is 9.14 Å². The number of hydrogen-bond donors (Lipinski definition) is 1. The first kappa shape index (κ1) is 11.2. The minimum atomic E-state index is -0.841. The van der Waals surface area contributed by atoms with Crippen molar-refractivity contribution in [2.45, 2.75) is 13.3 Å². The SMILES string of the molecule is CCC(=Cc1cccc(I)c1)C(=O)O. The van der Waals surface area contributed by atoms with Crippen LogP contribution in [0.3, 0.4) is 0 Å². The van der Waals surface area contributed by atoms with E-state index in [4.69, 9.17) is 5.11 Å². The van der Waals surface area contributed by atoms with Gasteiger partial charge in [-0.1, -0.05) is 19.1 Å². The number of carboxylic acids is 1. The maximum absolute atomic E-state index is 10.7. The molecule has 0 radical (unpaired) electrons. The average molecular weight is 302 g/mol. The van der Waals surface area contributed by atoms with E-state index in [0.717, 1.165) is 9.13 Å². The Labute approximate surface area is 96.8 Å². The van der Waals surface area contributed by atoms with Crippen molar-refractivity contribution in [2.75, 3.05) is 0 Å². The number of aliphatic carboxylic acids is 1. The summed E-state index contributed by atoms with van der Waals surface area (Å²) in [5.41, 5.74) is 1.38. The fraction of sp³-hybridized carbons (Fsp3) is 0.182. The molecule has 0 bridgehead atoms. The Morgan fingerprint density at radius 3 is 2.79 bits per heavy atom. The first-order valence-electron chi connectivity index (χ1n) is 4.33. The van der Waals surface area contributed by atoms with Crippen LogP contribution in [0.2, 0.25) is 0 Å². The van der Waals surface area contributed by atoms with E-state index in [0.29, 0.717) is 12.0 Å². The third-order valence-electron chi connectivity index (χ3n) is 1.85. The fourth-order valence-corrected chi connectivity index (χ4v) is 1.68. The molecule has 0 aliphatic carbocycles. The maximum atomic E-state index is 10.7. The molecule has 0 aliphatic heterocycles. The lowest BCUT2D eigenvalue weighted by Gasteiger charge is -1.98. The molecule has 0 aromatic heterocycles. The van der Waals surface area contributed by atoms with Crippen LogP contribution in [0.4, 0.5) is 0 Å². The Hall–Kier alpha value is -0.840. The van der Waals surface area contributed by atoms with Gasteiger partial charge in [0.2, 0.25) is 0 Å². The van der Waals surface area contributed by atoms with Crippen LogP contribution in [0.15, 0.2) is 29.8 Å². The summed E-state index contributed by atoms with van der Waals surface area (Å²) < 4.78 is 1.11. The largest absolute Gasteiger partial charge is 0.478 e. The molecule has 0 spiro atoms. The van der Waals surface area contributed by atoms with Gasteiger partial charge in [0.1, 0.15) is 0 Å².